The lowest BCUT2D eigenvalue weighted by molar-refractivity contribution is -0.141. The van der Waals surface area contributed by atoms with Crippen LogP contribution in [-0.2, 0) is 4.79 Å². The topological polar surface area (TPSA) is 117 Å². The fraction of sp³-hybridized carbons (Fsp3) is 0.500. The highest BCUT2D eigenvalue weighted by molar-refractivity contribution is 5.87. The summed E-state index contributed by atoms with van der Waals surface area (Å²) in [4.78, 5) is 25.7. The van der Waals surface area contributed by atoms with Crippen molar-refractivity contribution in [1.29, 1.82) is 0 Å². The van der Waals surface area contributed by atoms with Gasteiger partial charge in [-0.1, -0.05) is 6.92 Å². The first kappa shape index (κ1) is 13.8. The van der Waals surface area contributed by atoms with Gasteiger partial charge in [-0.3, -0.25) is 10.1 Å². The van der Waals surface area contributed by atoms with Crippen LogP contribution in [0.3, 0.4) is 0 Å². The first-order valence-corrected chi connectivity index (χ1v) is 5.51. The third-order valence-corrected chi connectivity index (χ3v) is 2.23. The quantitative estimate of drug-likeness (QED) is 0.635. The van der Waals surface area contributed by atoms with E-state index < -0.39 is 17.9 Å². The molecular formula is C10H15N5O3. The molecule has 0 fully saturated rings. The Balaban J connectivity index is 2.16. The van der Waals surface area contributed by atoms with Crippen LogP contribution < -0.4 is 10.6 Å². The summed E-state index contributed by atoms with van der Waals surface area (Å²) in [7, 11) is 0. The number of anilines is 1. The molecule has 1 atom stereocenters. The number of carbonyl (C=O) groups is 2. The number of hydrogen-bond acceptors (Lipinski definition) is 5. The van der Waals surface area contributed by atoms with Crippen molar-refractivity contribution >= 4 is 17.9 Å². The minimum Gasteiger partial charge on any atom is -0.481 e. The average molecular weight is 253 g/mol. The number of hydrogen-bond donors (Lipinski definition) is 3. The Morgan fingerprint density at radius 1 is 1.44 bits per heavy atom. The largest absolute Gasteiger partial charge is 0.481 e. The first-order valence-electron chi connectivity index (χ1n) is 5.51. The lowest BCUT2D eigenvalue weighted by Gasteiger charge is -2.07. The monoisotopic (exact) mass is 253 g/mol. The van der Waals surface area contributed by atoms with Gasteiger partial charge in [0.15, 0.2) is 0 Å². The summed E-state index contributed by atoms with van der Waals surface area (Å²) < 4.78 is 0. The molecule has 1 heterocycles. The summed E-state index contributed by atoms with van der Waals surface area (Å²) in [6.07, 6.45) is 3.92. The molecule has 8 nitrogen and oxygen atoms in total. The lowest BCUT2D eigenvalue weighted by Crippen LogP contribution is -2.30. The van der Waals surface area contributed by atoms with Crippen LogP contribution in [0.4, 0.5) is 10.7 Å². The van der Waals surface area contributed by atoms with Gasteiger partial charge in [0.1, 0.15) is 0 Å². The molecule has 0 aliphatic carbocycles. The van der Waals surface area contributed by atoms with Crippen molar-refractivity contribution in [2.24, 2.45) is 5.92 Å². The van der Waals surface area contributed by atoms with Gasteiger partial charge < -0.3 is 10.4 Å². The van der Waals surface area contributed by atoms with Crippen LogP contribution in [0.5, 0.6) is 0 Å². The average Bonchev–Trinajstić information content (AvgIpc) is 2.35. The molecule has 1 aromatic heterocycles. The molecule has 0 bridgehead atoms. The minimum atomic E-state index is -0.830. The summed E-state index contributed by atoms with van der Waals surface area (Å²) in [5.74, 6) is -1.12. The summed E-state index contributed by atoms with van der Waals surface area (Å²) in [5.41, 5.74) is 0. The lowest BCUT2D eigenvalue weighted by atomic mass is 10.1. The highest BCUT2D eigenvalue weighted by Gasteiger charge is 2.10. The van der Waals surface area contributed by atoms with Crippen LogP contribution in [0, 0.1) is 5.92 Å². The number of carboxylic acid groups (broad SMARTS) is 1. The van der Waals surface area contributed by atoms with E-state index in [0.717, 1.165) is 0 Å². The molecule has 0 aliphatic rings. The second kappa shape index (κ2) is 7.15. The van der Waals surface area contributed by atoms with Gasteiger partial charge in [0.25, 0.3) is 5.95 Å². The summed E-state index contributed by atoms with van der Waals surface area (Å²) in [6.45, 7) is 2.02. The molecule has 1 unspecified atom stereocenters. The molecule has 0 spiro atoms. The van der Waals surface area contributed by atoms with Crippen LogP contribution in [0.2, 0.25) is 0 Å². The smallest absolute Gasteiger partial charge is 0.321 e. The summed E-state index contributed by atoms with van der Waals surface area (Å²) in [6, 6.07) is -0.439. The molecule has 98 valence electrons. The maximum Gasteiger partial charge on any atom is 0.321 e. The maximum absolute atomic E-state index is 11.3. The van der Waals surface area contributed by atoms with Gasteiger partial charge in [-0.05, 0) is 12.8 Å². The van der Waals surface area contributed by atoms with Crippen LogP contribution in [0.25, 0.3) is 0 Å². The third kappa shape index (κ3) is 5.19. The second-order valence-corrected chi connectivity index (χ2v) is 3.73. The Bertz CT molecular complexity index is 398. The molecule has 8 heteroatoms. The molecule has 0 aliphatic heterocycles. The van der Waals surface area contributed by atoms with E-state index in [1.165, 1.54) is 12.4 Å². The zero-order chi connectivity index (χ0) is 13.4. The molecule has 0 aromatic carbocycles. The fourth-order valence-corrected chi connectivity index (χ4v) is 1.18. The van der Waals surface area contributed by atoms with E-state index in [1.54, 1.807) is 6.92 Å². The molecule has 0 saturated carbocycles. The Morgan fingerprint density at radius 3 is 2.83 bits per heavy atom. The van der Waals surface area contributed by atoms with Crippen molar-refractivity contribution in [2.45, 2.75) is 19.8 Å². The molecule has 3 N–H and O–H groups in total. The van der Waals surface area contributed by atoms with Crippen LogP contribution in [0.15, 0.2) is 12.4 Å². The molecule has 18 heavy (non-hydrogen) atoms. The Hall–Kier alpha value is -2.25. The second-order valence-electron chi connectivity index (χ2n) is 3.73. The van der Waals surface area contributed by atoms with E-state index in [-0.39, 0.29) is 5.95 Å². The Labute approximate surface area is 104 Å². The van der Waals surface area contributed by atoms with Crippen molar-refractivity contribution in [3.8, 4) is 0 Å². The predicted octanol–water partition coefficient (Wildman–Crippen LogP) is 0.494. The predicted molar refractivity (Wildman–Crippen MR) is 62.9 cm³/mol. The van der Waals surface area contributed by atoms with E-state index in [0.29, 0.717) is 19.4 Å². The number of carbonyl (C=O) groups excluding carboxylic acids is 1. The van der Waals surface area contributed by atoms with Crippen LogP contribution in [0.1, 0.15) is 19.8 Å². The first-order chi connectivity index (χ1) is 8.59. The number of aliphatic carboxylic acids is 1. The normalized spacial score (nSPS) is 11.6. The van der Waals surface area contributed by atoms with Crippen LogP contribution >= 0.6 is 0 Å². The third-order valence-electron chi connectivity index (χ3n) is 2.23. The van der Waals surface area contributed by atoms with E-state index >= 15 is 0 Å². The van der Waals surface area contributed by atoms with E-state index in [1.807, 2.05) is 0 Å². The molecule has 0 saturated heterocycles. The van der Waals surface area contributed by atoms with Crippen molar-refractivity contribution in [2.75, 3.05) is 11.9 Å². The van der Waals surface area contributed by atoms with Crippen molar-refractivity contribution in [1.82, 2.24) is 20.5 Å². The summed E-state index contributed by atoms with van der Waals surface area (Å²) >= 11 is 0. The van der Waals surface area contributed by atoms with Gasteiger partial charge >= 0.3 is 12.0 Å². The van der Waals surface area contributed by atoms with Gasteiger partial charge in [-0.25, -0.2) is 9.78 Å². The van der Waals surface area contributed by atoms with E-state index in [9.17, 15) is 9.59 Å². The highest BCUT2D eigenvalue weighted by atomic mass is 16.4. The molecule has 2 amide bonds. The molecule has 0 radical (unpaired) electrons. The van der Waals surface area contributed by atoms with Crippen molar-refractivity contribution < 1.29 is 14.7 Å². The number of nitrogens with one attached hydrogen (secondary N) is 2. The highest BCUT2D eigenvalue weighted by Crippen LogP contribution is 2.04. The zero-order valence-corrected chi connectivity index (χ0v) is 9.96. The summed E-state index contributed by atoms with van der Waals surface area (Å²) in [5, 5.41) is 20.8. The number of urea groups is 1. The van der Waals surface area contributed by atoms with Gasteiger partial charge in [0, 0.05) is 6.54 Å². The number of aromatic nitrogens is 3. The van der Waals surface area contributed by atoms with Gasteiger partial charge in [0.05, 0.1) is 18.3 Å². The Kier molecular flexibility index (Phi) is 5.49. The number of amides is 2. The molecule has 1 rings (SSSR count). The number of nitrogens with zero attached hydrogens (tertiary/aromatic N) is 3. The van der Waals surface area contributed by atoms with Crippen molar-refractivity contribution in [3.63, 3.8) is 0 Å². The van der Waals surface area contributed by atoms with Gasteiger partial charge in [-0.2, -0.15) is 5.10 Å². The fourth-order valence-electron chi connectivity index (χ4n) is 1.18. The van der Waals surface area contributed by atoms with Crippen LogP contribution in [-0.4, -0.2) is 38.8 Å². The zero-order valence-electron chi connectivity index (χ0n) is 9.96. The van der Waals surface area contributed by atoms with E-state index in [2.05, 4.69) is 25.8 Å². The molecule has 1 aromatic rings. The molecular weight excluding hydrogens is 238 g/mol. The minimum absolute atomic E-state index is 0.119. The maximum atomic E-state index is 11.3. The van der Waals surface area contributed by atoms with Gasteiger partial charge in [-0.15, -0.1) is 5.10 Å². The standard InChI is InChI=1S/C10H15N5O3/c1-7(8(16)17)3-2-4-12-10(18)14-9-11-5-6-13-15-9/h5-7H,2-4H2,1H3,(H,16,17)(H2,11,12,14,15,18). The Morgan fingerprint density at radius 2 is 2.22 bits per heavy atom. The number of rotatable bonds is 6. The number of carboxylic acids is 1. The SMILES string of the molecule is CC(CCCNC(=O)Nc1nccnn1)C(=O)O. The van der Waals surface area contributed by atoms with E-state index in [4.69, 9.17) is 5.11 Å². The van der Waals surface area contributed by atoms with Gasteiger partial charge in [0.2, 0.25) is 0 Å². The van der Waals surface area contributed by atoms with Crippen molar-refractivity contribution in [3.05, 3.63) is 12.4 Å².